The van der Waals surface area contributed by atoms with Gasteiger partial charge in [0.1, 0.15) is 5.75 Å². The first-order valence-corrected chi connectivity index (χ1v) is 7.85. The molecule has 0 saturated heterocycles. The second kappa shape index (κ2) is 5.75. The molecule has 0 aliphatic rings. The molecule has 21 heavy (non-hydrogen) atoms. The summed E-state index contributed by atoms with van der Waals surface area (Å²) < 4.78 is 26.4. The lowest BCUT2D eigenvalue weighted by molar-refractivity contribution is 0.458. The second-order valence-electron chi connectivity index (χ2n) is 4.96. The third-order valence-corrected chi connectivity index (χ3v) is 5.16. The van der Waals surface area contributed by atoms with Gasteiger partial charge in [-0.2, -0.15) is 4.31 Å². The van der Waals surface area contributed by atoms with Crippen molar-refractivity contribution in [2.75, 3.05) is 12.8 Å². The molecular weight excluding hydrogens is 288 g/mol. The number of rotatable bonds is 4. The van der Waals surface area contributed by atoms with Gasteiger partial charge in [-0.15, -0.1) is 0 Å². The van der Waals surface area contributed by atoms with Crippen LogP contribution in [-0.4, -0.2) is 24.9 Å². The lowest BCUT2D eigenvalue weighted by Gasteiger charge is -2.19. The quantitative estimate of drug-likeness (QED) is 0.847. The Bertz CT molecular complexity index is 757. The summed E-state index contributed by atoms with van der Waals surface area (Å²) in [7, 11) is -2.13. The summed E-state index contributed by atoms with van der Waals surface area (Å²) in [5, 5.41) is 9.44. The number of nitrogens with zero attached hydrogens (tertiary/aromatic N) is 1. The van der Waals surface area contributed by atoms with E-state index in [1.807, 2.05) is 0 Å². The van der Waals surface area contributed by atoms with Crippen LogP contribution in [-0.2, 0) is 16.6 Å². The van der Waals surface area contributed by atoms with Gasteiger partial charge >= 0.3 is 0 Å². The van der Waals surface area contributed by atoms with Gasteiger partial charge in [0, 0.05) is 19.3 Å². The Morgan fingerprint density at radius 2 is 1.90 bits per heavy atom. The van der Waals surface area contributed by atoms with Crippen molar-refractivity contribution in [1.82, 2.24) is 4.31 Å². The highest BCUT2D eigenvalue weighted by Crippen LogP contribution is 2.23. The maximum absolute atomic E-state index is 12.6. The van der Waals surface area contributed by atoms with Gasteiger partial charge in [-0.25, -0.2) is 8.42 Å². The number of hydrogen-bond donors (Lipinski definition) is 2. The van der Waals surface area contributed by atoms with Crippen LogP contribution in [0.1, 0.15) is 11.1 Å². The number of aromatic hydroxyl groups is 1. The Morgan fingerprint density at radius 3 is 2.57 bits per heavy atom. The summed E-state index contributed by atoms with van der Waals surface area (Å²) in [5.74, 6) is 0.110. The first-order valence-electron chi connectivity index (χ1n) is 6.41. The van der Waals surface area contributed by atoms with Crippen LogP contribution in [0.25, 0.3) is 0 Å². The molecule has 0 amide bonds. The van der Waals surface area contributed by atoms with Crippen molar-refractivity contribution < 1.29 is 13.5 Å². The minimum absolute atomic E-state index is 0.110. The van der Waals surface area contributed by atoms with Gasteiger partial charge in [-0.1, -0.05) is 18.2 Å². The monoisotopic (exact) mass is 306 g/mol. The largest absolute Gasteiger partial charge is 0.508 e. The zero-order valence-corrected chi connectivity index (χ0v) is 12.8. The van der Waals surface area contributed by atoms with Crippen LogP contribution in [0.2, 0.25) is 0 Å². The Labute approximate surface area is 124 Å². The molecule has 0 aromatic heterocycles. The fraction of sp³-hybridized carbons (Fsp3) is 0.200. The lowest BCUT2D eigenvalue weighted by Crippen LogP contribution is -2.27. The topological polar surface area (TPSA) is 83.6 Å². The predicted molar refractivity (Wildman–Crippen MR) is 82.4 cm³/mol. The van der Waals surface area contributed by atoms with Gasteiger partial charge in [0.25, 0.3) is 0 Å². The molecule has 5 nitrogen and oxygen atoms in total. The molecule has 0 heterocycles. The van der Waals surface area contributed by atoms with E-state index >= 15 is 0 Å². The van der Waals surface area contributed by atoms with E-state index < -0.39 is 10.0 Å². The van der Waals surface area contributed by atoms with E-state index in [4.69, 9.17) is 5.73 Å². The summed E-state index contributed by atoms with van der Waals surface area (Å²) >= 11 is 0. The summed E-state index contributed by atoms with van der Waals surface area (Å²) in [6, 6.07) is 11.3. The molecule has 2 rings (SSSR count). The molecule has 0 bridgehead atoms. The first kappa shape index (κ1) is 15.3. The van der Waals surface area contributed by atoms with Crippen LogP contribution in [0, 0.1) is 6.92 Å². The second-order valence-corrected chi connectivity index (χ2v) is 6.97. The van der Waals surface area contributed by atoms with Gasteiger partial charge in [0.15, 0.2) is 0 Å². The number of anilines is 1. The van der Waals surface area contributed by atoms with Crippen LogP contribution in [0.4, 0.5) is 5.69 Å². The maximum atomic E-state index is 12.6. The van der Waals surface area contributed by atoms with Crippen LogP contribution in [0.5, 0.6) is 5.75 Å². The van der Waals surface area contributed by atoms with Crippen LogP contribution in [0.15, 0.2) is 47.4 Å². The van der Waals surface area contributed by atoms with Crippen molar-refractivity contribution in [1.29, 1.82) is 0 Å². The van der Waals surface area contributed by atoms with Crippen molar-refractivity contribution in [2.24, 2.45) is 0 Å². The molecule has 0 radical (unpaired) electrons. The van der Waals surface area contributed by atoms with Crippen molar-refractivity contribution in [3.05, 3.63) is 53.6 Å². The van der Waals surface area contributed by atoms with E-state index in [1.165, 1.54) is 23.5 Å². The molecule has 2 aromatic rings. The van der Waals surface area contributed by atoms with E-state index in [0.717, 1.165) is 0 Å². The summed E-state index contributed by atoms with van der Waals surface area (Å²) in [5.41, 5.74) is 7.44. The van der Waals surface area contributed by atoms with Gasteiger partial charge < -0.3 is 10.8 Å². The number of benzene rings is 2. The zero-order valence-electron chi connectivity index (χ0n) is 11.9. The normalized spacial score (nSPS) is 11.8. The number of sulfonamides is 1. The van der Waals surface area contributed by atoms with Gasteiger partial charge in [0.2, 0.25) is 10.0 Å². The average Bonchev–Trinajstić information content (AvgIpc) is 2.41. The number of nitrogen functional groups attached to an aromatic ring is 1. The highest BCUT2D eigenvalue weighted by molar-refractivity contribution is 7.89. The average molecular weight is 306 g/mol. The molecule has 0 saturated carbocycles. The lowest BCUT2D eigenvalue weighted by atomic mass is 10.2. The predicted octanol–water partition coefficient (Wildman–Crippen LogP) is 2.10. The Kier molecular flexibility index (Phi) is 4.20. The molecule has 2 aromatic carbocycles. The summed E-state index contributed by atoms with van der Waals surface area (Å²) in [6.07, 6.45) is 0. The number of hydrogen-bond acceptors (Lipinski definition) is 4. The standard InChI is InChI=1S/C15H18N2O3S/c1-11-6-7-13(16)9-15(11)21(19,20)17(2)10-12-4-3-5-14(18)8-12/h3-9,18H,10,16H2,1-2H3. The summed E-state index contributed by atoms with van der Waals surface area (Å²) in [4.78, 5) is 0.199. The van der Waals surface area contributed by atoms with E-state index in [9.17, 15) is 13.5 Å². The van der Waals surface area contributed by atoms with Crippen molar-refractivity contribution in [3.8, 4) is 5.75 Å². The highest BCUT2D eigenvalue weighted by Gasteiger charge is 2.23. The van der Waals surface area contributed by atoms with E-state index in [0.29, 0.717) is 16.8 Å². The molecule has 0 atom stereocenters. The summed E-state index contributed by atoms with van der Waals surface area (Å²) in [6.45, 7) is 1.90. The van der Waals surface area contributed by atoms with Crippen LogP contribution in [0.3, 0.4) is 0 Å². The fourth-order valence-electron chi connectivity index (χ4n) is 2.06. The van der Waals surface area contributed by atoms with Gasteiger partial charge in [0.05, 0.1) is 4.90 Å². The maximum Gasteiger partial charge on any atom is 0.243 e. The van der Waals surface area contributed by atoms with E-state index in [2.05, 4.69) is 0 Å². The van der Waals surface area contributed by atoms with Crippen molar-refractivity contribution in [3.63, 3.8) is 0 Å². The number of aryl methyl sites for hydroxylation is 1. The zero-order chi connectivity index (χ0) is 15.6. The molecular formula is C15H18N2O3S. The highest BCUT2D eigenvalue weighted by atomic mass is 32.2. The molecule has 0 fully saturated rings. The Hall–Kier alpha value is -2.05. The molecule has 0 aliphatic carbocycles. The molecule has 0 unspecified atom stereocenters. The van der Waals surface area contributed by atoms with Crippen molar-refractivity contribution >= 4 is 15.7 Å². The molecule has 112 valence electrons. The fourth-order valence-corrected chi connectivity index (χ4v) is 3.47. The van der Waals surface area contributed by atoms with E-state index in [1.54, 1.807) is 37.3 Å². The van der Waals surface area contributed by atoms with Gasteiger partial charge in [-0.05, 0) is 42.3 Å². The Morgan fingerprint density at radius 1 is 1.19 bits per heavy atom. The third kappa shape index (κ3) is 3.34. The molecule has 3 N–H and O–H groups in total. The number of phenolic OH excluding ortho intramolecular Hbond substituents is 1. The minimum Gasteiger partial charge on any atom is -0.508 e. The SMILES string of the molecule is Cc1ccc(N)cc1S(=O)(=O)N(C)Cc1cccc(O)c1. The molecule has 0 aliphatic heterocycles. The first-order chi connectivity index (χ1) is 9.80. The third-order valence-electron chi connectivity index (χ3n) is 3.22. The number of phenols is 1. The van der Waals surface area contributed by atoms with Crippen LogP contribution >= 0.6 is 0 Å². The molecule has 0 spiro atoms. The van der Waals surface area contributed by atoms with Gasteiger partial charge in [-0.3, -0.25) is 0 Å². The van der Waals surface area contributed by atoms with Crippen molar-refractivity contribution in [2.45, 2.75) is 18.4 Å². The van der Waals surface area contributed by atoms with E-state index in [-0.39, 0.29) is 17.2 Å². The van der Waals surface area contributed by atoms with Crippen LogP contribution < -0.4 is 5.73 Å². The molecule has 6 heteroatoms. The Balaban J connectivity index is 2.33. The smallest absolute Gasteiger partial charge is 0.243 e. The number of nitrogens with two attached hydrogens (primary N) is 1. The minimum atomic E-state index is -3.63.